The number of nitrogens with zero attached hydrogens (tertiary/aromatic N) is 1. The highest BCUT2D eigenvalue weighted by atomic mass is 32.2. The normalized spacial score (nSPS) is 10.4. The highest BCUT2D eigenvalue weighted by Crippen LogP contribution is 2.20. The van der Waals surface area contributed by atoms with Gasteiger partial charge in [-0.1, -0.05) is 0 Å². The van der Waals surface area contributed by atoms with Gasteiger partial charge in [-0.25, -0.2) is 4.39 Å². The fourth-order valence-corrected chi connectivity index (χ4v) is 2.92. The molecule has 0 aromatic heterocycles. The molecule has 0 fully saturated rings. The molecule has 1 amide bonds. The van der Waals surface area contributed by atoms with Gasteiger partial charge in [0.15, 0.2) is 0 Å². The third-order valence-corrected chi connectivity index (χ3v) is 4.48. The van der Waals surface area contributed by atoms with Crippen molar-refractivity contribution in [2.45, 2.75) is 18.7 Å². The van der Waals surface area contributed by atoms with Crippen molar-refractivity contribution in [2.24, 2.45) is 0 Å². The lowest BCUT2D eigenvalue weighted by molar-refractivity contribution is -0.113. The Morgan fingerprint density at radius 3 is 2.22 bits per heavy atom. The maximum absolute atomic E-state index is 12.8. The quantitative estimate of drug-likeness (QED) is 0.763. The molecule has 0 aliphatic rings. The molecule has 0 atom stereocenters. The van der Waals surface area contributed by atoms with Crippen LogP contribution in [0.1, 0.15) is 13.8 Å². The number of anilines is 2. The zero-order chi connectivity index (χ0) is 16.7. The van der Waals surface area contributed by atoms with E-state index in [9.17, 15) is 9.18 Å². The van der Waals surface area contributed by atoms with Crippen molar-refractivity contribution in [3.8, 4) is 0 Å². The second-order valence-electron chi connectivity index (χ2n) is 5.01. The highest BCUT2D eigenvalue weighted by molar-refractivity contribution is 8.00. The molecule has 122 valence electrons. The van der Waals surface area contributed by atoms with Crippen LogP contribution in [0.25, 0.3) is 0 Å². The van der Waals surface area contributed by atoms with Crippen LogP contribution in [0.3, 0.4) is 0 Å². The van der Waals surface area contributed by atoms with Crippen LogP contribution in [0.2, 0.25) is 0 Å². The van der Waals surface area contributed by atoms with E-state index < -0.39 is 0 Å². The maximum Gasteiger partial charge on any atom is 0.234 e. The van der Waals surface area contributed by atoms with Gasteiger partial charge in [0.1, 0.15) is 5.82 Å². The first-order chi connectivity index (χ1) is 11.1. The van der Waals surface area contributed by atoms with E-state index >= 15 is 0 Å². The predicted molar refractivity (Wildman–Crippen MR) is 95.8 cm³/mol. The first-order valence-electron chi connectivity index (χ1n) is 7.65. The van der Waals surface area contributed by atoms with Crippen molar-refractivity contribution in [1.82, 2.24) is 0 Å². The summed E-state index contributed by atoms with van der Waals surface area (Å²) >= 11 is 1.38. The van der Waals surface area contributed by atoms with Gasteiger partial charge in [-0.2, -0.15) is 0 Å². The van der Waals surface area contributed by atoms with Gasteiger partial charge in [-0.05, 0) is 62.4 Å². The summed E-state index contributed by atoms with van der Waals surface area (Å²) in [5, 5.41) is 2.87. The molecular formula is C18H21FN2OS. The molecule has 0 unspecified atom stereocenters. The third kappa shape index (κ3) is 5.28. The molecule has 1 N–H and O–H groups in total. The van der Waals surface area contributed by atoms with Gasteiger partial charge in [0, 0.05) is 29.4 Å². The minimum absolute atomic E-state index is 0.0742. The first kappa shape index (κ1) is 17.3. The molecule has 5 heteroatoms. The molecule has 23 heavy (non-hydrogen) atoms. The van der Waals surface area contributed by atoms with E-state index in [0.29, 0.717) is 5.75 Å². The molecule has 0 bridgehead atoms. The second kappa shape index (κ2) is 8.58. The van der Waals surface area contributed by atoms with Crippen LogP contribution in [0, 0.1) is 5.82 Å². The molecular weight excluding hydrogens is 311 g/mol. The lowest BCUT2D eigenvalue weighted by Gasteiger charge is -2.21. The summed E-state index contributed by atoms with van der Waals surface area (Å²) in [6.07, 6.45) is 0. The average molecular weight is 332 g/mol. The number of nitrogens with one attached hydrogen (secondary N) is 1. The van der Waals surface area contributed by atoms with E-state index in [-0.39, 0.29) is 11.7 Å². The summed E-state index contributed by atoms with van der Waals surface area (Å²) in [5.74, 6) is -0.0503. The number of rotatable bonds is 7. The fraction of sp³-hybridized carbons (Fsp3) is 0.278. The van der Waals surface area contributed by atoms with Gasteiger partial charge in [-0.3, -0.25) is 4.79 Å². The molecule has 0 aliphatic carbocycles. The molecule has 3 nitrogen and oxygen atoms in total. The first-order valence-corrected chi connectivity index (χ1v) is 8.64. The Bertz CT molecular complexity index is 624. The van der Waals surface area contributed by atoms with Gasteiger partial charge < -0.3 is 10.2 Å². The lowest BCUT2D eigenvalue weighted by atomic mass is 10.2. The number of carbonyl (C=O) groups excluding carboxylic acids is 1. The molecule has 0 radical (unpaired) electrons. The van der Waals surface area contributed by atoms with Crippen LogP contribution >= 0.6 is 11.8 Å². The topological polar surface area (TPSA) is 32.3 Å². The Labute approximate surface area is 140 Å². The average Bonchev–Trinajstić information content (AvgIpc) is 2.57. The smallest absolute Gasteiger partial charge is 0.234 e. The van der Waals surface area contributed by atoms with Crippen molar-refractivity contribution < 1.29 is 9.18 Å². The molecule has 0 spiro atoms. The zero-order valence-corrected chi connectivity index (χ0v) is 14.2. The largest absolute Gasteiger partial charge is 0.372 e. The summed E-state index contributed by atoms with van der Waals surface area (Å²) in [5.41, 5.74) is 1.93. The number of halogens is 1. The predicted octanol–water partition coefficient (Wildman–Crippen LogP) is 4.40. The molecule has 0 heterocycles. The van der Waals surface area contributed by atoms with Crippen LogP contribution in [0.4, 0.5) is 15.8 Å². The van der Waals surface area contributed by atoms with Gasteiger partial charge in [0.05, 0.1) is 5.75 Å². The number of hydrogen-bond acceptors (Lipinski definition) is 3. The molecule has 2 aromatic rings. The molecule has 2 rings (SSSR count). The Hall–Kier alpha value is -2.01. The summed E-state index contributed by atoms with van der Waals surface area (Å²) in [6, 6.07) is 14.0. The van der Waals surface area contributed by atoms with Crippen LogP contribution in [0.5, 0.6) is 0 Å². The van der Waals surface area contributed by atoms with E-state index in [1.54, 1.807) is 12.1 Å². The van der Waals surface area contributed by atoms with E-state index in [1.165, 1.54) is 23.9 Å². The molecule has 0 saturated carbocycles. The van der Waals surface area contributed by atoms with Crippen molar-refractivity contribution in [2.75, 3.05) is 29.1 Å². The zero-order valence-electron chi connectivity index (χ0n) is 13.4. The van der Waals surface area contributed by atoms with Gasteiger partial charge in [0.25, 0.3) is 0 Å². The fourth-order valence-electron chi connectivity index (χ4n) is 2.22. The Morgan fingerprint density at radius 2 is 1.65 bits per heavy atom. The van der Waals surface area contributed by atoms with Gasteiger partial charge in [-0.15, -0.1) is 11.8 Å². The summed E-state index contributed by atoms with van der Waals surface area (Å²) < 4.78 is 12.8. The number of amides is 1. The molecule has 0 aliphatic heterocycles. The van der Waals surface area contributed by atoms with E-state index in [0.717, 1.165) is 29.4 Å². The second-order valence-corrected chi connectivity index (χ2v) is 6.06. The van der Waals surface area contributed by atoms with E-state index in [1.807, 2.05) is 24.3 Å². The highest BCUT2D eigenvalue weighted by Gasteiger charge is 2.05. The van der Waals surface area contributed by atoms with E-state index in [4.69, 9.17) is 0 Å². The van der Waals surface area contributed by atoms with Crippen molar-refractivity contribution in [3.63, 3.8) is 0 Å². The van der Waals surface area contributed by atoms with Crippen molar-refractivity contribution in [3.05, 3.63) is 54.3 Å². The summed E-state index contributed by atoms with van der Waals surface area (Å²) in [6.45, 7) is 6.14. The number of benzene rings is 2. The Balaban J connectivity index is 1.86. The van der Waals surface area contributed by atoms with Crippen molar-refractivity contribution in [1.29, 1.82) is 0 Å². The third-order valence-electron chi connectivity index (χ3n) is 3.46. The minimum atomic E-state index is -0.271. The summed E-state index contributed by atoms with van der Waals surface area (Å²) in [4.78, 5) is 15.1. The summed E-state index contributed by atoms with van der Waals surface area (Å²) in [7, 11) is 0. The van der Waals surface area contributed by atoms with Crippen molar-refractivity contribution >= 4 is 29.0 Å². The Kier molecular flexibility index (Phi) is 6.47. The van der Waals surface area contributed by atoms with E-state index in [2.05, 4.69) is 24.1 Å². The minimum Gasteiger partial charge on any atom is -0.372 e. The standard InChI is InChI=1S/C18H21FN2OS/c1-3-21(4-2)16-9-7-15(8-10-16)20-18(22)13-23-17-11-5-14(19)6-12-17/h5-12H,3-4,13H2,1-2H3,(H,20,22). The van der Waals surface area contributed by atoms with Crippen LogP contribution < -0.4 is 10.2 Å². The van der Waals surface area contributed by atoms with Crippen LogP contribution in [-0.4, -0.2) is 24.7 Å². The maximum atomic E-state index is 12.8. The molecule has 2 aromatic carbocycles. The Morgan fingerprint density at radius 1 is 1.04 bits per heavy atom. The SMILES string of the molecule is CCN(CC)c1ccc(NC(=O)CSc2ccc(F)cc2)cc1. The van der Waals surface area contributed by atoms with Gasteiger partial charge in [0.2, 0.25) is 5.91 Å². The number of carbonyl (C=O) groups is 1. The monoisotopic (exact) mass is 332 g/mol. The van der Waals surface area contributed by atoms with Crippen LogP contribution in [-0.2, 0) is 4.79 Å². The number of hydrogen-bond donors (Lipinski definition) is 1. The van der Waals surface area contributed by atoms with Gasteiger partial charge >= 0.3 is 0 Å². The molecule has 0 saturated heterocycles. The van der Waals surface area contributed by atoms with Crippen LogP contribution in [0.15, 0.2) is 53.4 Å². The number of thioether (sulfide) groups is 1. The lowest BCUT2D eigenvalue weighted by Crippen LogP contribution is -2.21.